The Morgan fingerprint density at radius 3 is 2.04 bits per heavy atom. The van der Waals surface area contributed by atoms with Crippen LogP contribution in [0.2, 0.25) is 0 Å². The molecule has 0 unspecified atom stereocenters. The topological polar surface area (TPSA) is 50.2 Å². The highest BCUT2D eigenvalue weighted by Gasteiger charge is 2.31. The van der Waals surface area contributed by atoms with Gasteiger partial charge in [0, 0.05) is 16.7 Å². The summed E-state index contributed by atoms with van der Waals surface area (Å²) < 4.78 is 0. The zero-order valence-corrected chi connectivity index (χ0v) is 14.4. The SMILES string of the molecule is O=C1c2ccccc2-c2nc(-c3ccccc3O)cc(-c3ccccc3)c21. The highest BCUT2D eigenvalue weighted by Crippen LogP contribution is 2.43. The van der Waals surface area contributed by atoms with E-state index in [0.29, 0.717) is 28.1 Å². The van der Waals surface area contributed by atoms with Gasteiger partial charge in [0.05, 0.1) is 17.0 Å². The summed E-state index contributed by atoms with van der Waals surface area (Å²) in [5.74, 6) is 0.164. The molecule has 1 aromatic heterocycles. The number of rotatable bonds is 2. The molecule has 0 atom stereocenters. The summed E-state index contributed by atoms with van der Waals surface area (Å²) in [5.41, 5.74) is 5.90. The molecule has 0 fully saturated rings. The third kappa shape index (κ3) is 2.36. The van der Waals surface area contributed by atoms with E-state index in [0.717, 1.165) is 16.7 Å². The van der Waals surface area contributed by atoms with Gasteiger partial charge in [-0.3, -0.25) is 4.79 Å². The molecule has 0 saturated heterocycles. The first kappa shape index (κ1) is 15.5. The maximum atomic E-state index is 13.1. The van der Waals surface area contributed by atoms with Crippen molar-refractivity contribution < 1.29 is 9.90 Å². The average molecular weight is 349 g/mol. The predicted molar refractivity (Wildman–Crippen MR) is 106 cm³/mol. The van der Waals surface area contributed by atoms with Gasteiger partial charge in [-0.1, -0.05) is 66.7 Å². The van der Waals surface area contributed by atoms with Crippen molar-refractivity contribution in [3.05, 3.63) is 96.1 Å². The first-order chi connectivity index (χ1) is 13.2. The molecular weight excluding hydrogens is 334 g/mol. The minimum Gasteiger partial charge on any atom is -0.507 e. The summed E-state index contributed by atoms with van der Waals surface area (Å²) >= 11 is 0. The van der Waals surface area contributed by atoms with Crippen LogP contribution in [0.1, 0.15) is 15.9 Å². The van der Waals surface area contributed by atoms with Crippen LogP contribution in [0, 0.1) is 0 Å². The summed E-state index contributed by atoms with van der Waals surface area (Å²) in [6, 6.07) is 26.4. The highest BCUT2D eigenvalue weighted by molar-refractivity contribution is 6.24. The van der Waals surface area contributed by atoms with Gasteiger partial charge in [0.15, 0.2) is 5.78 Å². The second-order valence-corrected chi connectivity index (χ2v) is 6.54. The number of phenolic OH excluding ortho intramolecular Hbond substituents is 1. The molecule has 3 heteroatoms. The van der Waals surface area contributed by atoms with Gasteiger partial charge in [0.25, 0.3) is 0 Å². The molecule has 1 heterocycles. The molecule has 0 amide bonds. The molecule has 0 saturated carbocycles. The normalized spacial score (nSPS) is 11.9. The summed E-state index contributed by atoms with van der Waals surface area (Å²) in [6.45, 7) is 0. The zero-order chi connectivity index (χ0) is 18.4. The molecule has 0 bridgehead atoms. The van der Waals surface area contributed by atoms with E-state index in [2.05, 4.69) is 0 Å². The van der Waals surface area contributed by atoms with E-state index in [9.17, 15) is 9.90 Å². The summed E-state index contributed by atoms with van der Waals surface area (Å²) in [6.07, 6.45) is 0. The Morgan fingerprint density at radius 1 is 0.667 bits per heavy atom. The van der Waals surface area contributed by atoms with Crippen LogP contribution >= 0.6 is 0 Å². The number of benzene rings is 3. The van der Waals surface area contributed by atoms with Crippen LogP contribution in [-0.2, 0) is 0 Å². The summed E-state index contributed by atoms with van der Waals surface area (Å²) in [4.78, 5) is 17.9. The van der Waals surface area contributed by atoms with Crippen LogP contribution in [0.25, 0.3) is 33.6 Å². The van der Waals surface area contributed by atoms with Gasteiger partial charge in [-0.25, -0.2) is 4.98 Å². The average Bonchev–Trinajstić information content (AvgIpc) is 3.01. The Bertz CT molecular complexity index is 1200. The fraction of sp³-hybridized carbons (Fsp3) is 0. The number of para-hydroxylation sites is 1. The molecule has 5 rings (SSSR count). The number of pyridine rings is 1. The van der Waals surface area contributed by atoms with E-state index in [4.69, 9.17) is 4.98 Å². The van der Waals surface area contributed by atoms with Crippen molar-refractivity contribution in [2.45, 2.75) is 0 Å². The molecule has 0 spiro atoms. The second-order valence-electron chi connectivity index (χ2n) is 6.54. The predicted octanol–water partition coefficient (Wildman–Crippen LogP) is 5.33. The largest absolute Gasteiger partial charge is 0.507 e. The van der Waals surface area contributed by atoms with E-state index in [1.165, 1.54) is 0 Å². The molecule has 128 valence electrons. The number of phenols is 1. The van der Waals surface area contributed by atoms with E-state index in [1.54, 1.807) is 12.1 Å². The number of aromatic hydroxyl groups is 1. The smallest absolute Gasteiger partial charge is 0.196 e. The van der Waals surface area contributed by atoms with E-state index < -0.39 is 0 Å². The van der Waals surface area contributed by atoms with Crippen LogP contribution in [0.5, 0.6) is 5.75 Å². The molecule has 1 aliphatic rings. The number of ketones is 1. The van der Waals surface area contributed by atoms with Crippen molar-refractivity contribution in [3.8, 4) is 39.4 Å². The monoisotopic (exact) mass is 349 g/mol. The Labute approximate surface area is 156 Å². The Kier molecular flexibility index (Phi) is 3.41. The Balaban J connectivity index is 1.86. The number of carbonyl (C=O) groups is 1. The minimum absolute atomic E-state index is 0.00390. The summed E-state index contributed by atoms with van der Waals surface area (Å²) in [7, 11) is 0. The van der Waals surface area contributed by atoms with E-state index >= 15 is 0 Å². The van der Waals surface area contributed by atoms with Gasteiger partial charge in [-0.15, -0.1) is 0 Å². The number of aromatic nitrogens is 1. The minimum atomic E-state index is -0.00390. The Hall–Kier alpha value is -3.72. The van der Waals surface area contributed by atoms with Crippen molar-refractivity contribution in [1.82, 2.24) is 4.98 Å². The fourth-order valence-corrected chi connectivity index (χ4v) is 3.67. The molecule has 4 aromatic rings. The molecule has 1 aliphatic carbocycles. The summed E-state index contributed by atoms with van der Waals surface area (Å²) in [5, 5.41) is 10.3. The number of carbonyl (C=O) groups excluding carboxylic acids is 1. The van der Waals surface area contributed by atoms with Crippen LogP contribution in [-0.4, -0.2) is 15.9 Å². The number of hydrogen-bond acceptors (Lipinski definition) is 3. The van der Waals surface area contributed by atoms with Crippen molar-refractivity contribution in [1.29, 1.82) is 0 Å². The maximum Gasteiger partial charge on any atom is 0.196 e. The molecule has 3 aromatic carbocycles. The van der Waals surface area contributed by atoms with E-state index in [-0.39, 0.29) is 11.5 Å². The first-order valence-electron chi connectivity index (χ1n) is 8.77. The van der Waals surface area contributed by atoms with Gasteiger partial charge in [0.1, 0.15) is 5.75 Å². The van der Waals surface area contributed by atoms with Crippen LogP contribution in [0.3, 0.4) is 0 Å². The van der Waals surface area contributed by atoms with Gasteiger partial charge in [0.2, 0.25) is 0 Å². The molecule has 3 nitrogen and oxygen atoms in total. The fourth-order valence-electron chi connectivity index (χ4n) is 3.67. The van der Waals surface area contributed by atoms with Gasteiger partial charge in [-0.05, 0) is 29.3 Å². The third-order valence-corrected chi connectivity index (χ3v) is 4.94. The Morgan fingerprint density at radius 2 is 1.30 bits per heavy atom. The van der Waals surface area contributed by atoms with Crippen LogP contribution in [0.15, 0.2) is 84.9 Å². The lowest BCUT2D eigenvalue weighted by atomic mass is 9.95. The van der Waals surface area contributed by atoms with Gasteiger partial charge in [-0.2, -0.15) is 0 Å². The maximum absolute atomic E-state index is 13.1. The molecular formula is C24H15NO2. The van der Waals surface area contributed by atoms with E-state index in [1.807, 2.05) is 72.8 Å². The lowest BCUT2D eigenvalue weighted by Crippen LogP contribution is -2.00. The standard InChI is InChI=1S/C24H15NO2/c26-21-13-7-6-12-18(21)20-14-19(15-8-2-1-3-9-15)22-23(25-20)16-10-4-5-11-17(16)24(22)27/h1-14,26H. The van der Waals surface area contributed by atoms with Crippen LogP contribution < -0.4 is 0 Å². The number of fused-ring (bicyclic) bond motifs is 3. The number of nitrogens with zero attached hydrogens (tertiary/aromatic N) is 1. The molecule has 0 radical (unpaired) electrons. The quantitative estimate of drug-likeness (QED) is 0.468. The third-order valence-electron chi connectivity index (χ3n) is 4.94. The second kappa shape index (κ2) is 5.92. The lowest BCUT2D eigenvalue weighted by molar-refractivity contribution is 0.104. The van der Waals surface area contributed by atoms with Crippen molar-refractivity contribution in [3.63, 3.8) is 0 Å². The van der Waals surface area contributed by atoms with Crippen LogP contribution in [0.4, 0.5) is 0 Å². The molecule has 1 N–H and O–H groups in total. The zero-order valence-electron chi connectivity index (χ0n) is 14.4. The highest BCUT2D eigenvalue weighted by atomic mass is 16.3. The first-order valence-corrected chi connectivity index (χ1v) is 8.77. The van der Waals surface area contributed by atoms with Crippen molar-refractivity contribution in [2.75, 3.05) is 0 Å². The van der Waals surface area contributed by atoms with Crippen molar-refractivity contribution in [2.24, 2.45) is 0 Å². The lowest BCUT2D eigenvalue weighted by Gasteiger charge is -2.12. The van der Waals surface area contributed by atoms with Crippen molar-refractivity contribution >= 4 is 5.78 Å². The molecule has 27 heavy (non-hydrogen) atoms. The number of hydrogen-bond donors (Lipinski definition) is 1. The molecule has 0 aliphatic heterocycles. The van der Waals surface area contributed by atoms with Gasteiger partial charge < -0.3 is 5.11 Å². The van der Waals surface area contributed by atoms with Gasteiger partial charge >= 0.3 is 0 Å².